The first kappa shape index (κ1) is 18.0. The lowest BCUT2D eigenvalue weighted by atomic mass is 10.2. The van der Waals surface area contributed by atoms with Gasteiger partial charge in [0, 0.05) is 11.3 Å². The Morgan fingerprint density at radius 1 is 1.19 bits per heavy atom. The highest BCUT2D eigenvalue weighted by Crippen LogP contribution is 2.27. The van der Waals surface area contributed by atoms with Crippen molar-refractivity contribution in [1.82, 2.24) is 10.2 Å². The van der Waals surface area contributed by atoms with E-state index in [2.05, 4.69) is 15.5 Å². The first-order chi connectivity index (χ1) is 12.5. The van der Waals surface area contributed by atoms with E-state index in [9.17, 15) is 4.79 Å². The van der Waals surface area contributed by atoms with Crippen molar-refractivity contribution < 1.29 is 13.9 Å². The molecule has 1 amide bonds. The molecule has 1 aromatic heterocycles. The van der Waals surface area contributed by atoms with Gasteiger partial charge >= 0.3 is 0 Å². The lowest BCUT2D eigenvalue weighted by Gasteiger charge is -2.10. The van der Waals surface area contributed by atoms with Crippen molar-refractivity contribution in [2.24, 2.45) is 0 Å². The third kappa shape index (κ3) is 4.43. The van der Waals surface area contributed by atoms with Gasteiger partial charge in [0.2, 0.25) is 11.8 Å². The topological polar surface area (TPSA) is 77.2 Å². The van der Waals surface area contributed by atoms with E-state index in [4.69, 9.17) is 9.15 Å². The molecular weight excluding hydrogens is 350 g/mol. The summed E-state index contributed by atoms with van der Waals surface area (Å²) in [6.07, 6.45) is 0. The van der Waals surface area contributed by atoms with Gasteiger partial charge in [-0.05, 0) is 55.8 Å². The Bertz CT molecular complexity index is 893. The monoisotopic (exact) mass is 369 g/mol. The predicted molar refractivity (Wildman–Crippen MR) is 101 cm³/mol. The molecule has 3 rings (SSSR count). The van der Waals surface area contributed by atoms with Crippen LogP contribution in [0, 0.1) is 6.92 Å². The number of nitrogens with one attached hydrogen (secondary N) is 1. The molecule has 1 heterocycles. The number of benzene rings is 2. The quantitative estimate of drug-likeness (QED) is 0.657. The van der Waals surface area contributed by atoms with Crippen LogP contribution in [0.25, 0.3) is 11.5 Å². The highest BCUT2D eigenvalue weighted by atomic mass is 32.2. The maximum absolute atomic E-state index is 12.3. The van der Waals surface area contributed by atoms with Gasteiger partial charge in [-0.3, -0.25) is 4.79 Å². The largest absolute Gasteiger partial charge is 0.497 e. The van der Waals surface area contributed by atoms with Crippen LogP contribution in [0.1, 0.15) is 12.5 Å². The number of nitrogens with zero attached hydrogens (tertiary/aromatic N) is 2. The molecular formula is C19H19N3O3S. The second-order valence-electron chi connectivity index (χ2n) is 5.72. The number of hydrogen-bond acceptors (Lipinski definition) is 6. The van der Waals surface area contributed by atoms with E-state index >= 15 is 0 Å². The van der Waals surface area contributed by atoms with Crippen LogP contribution in [-0.4, -0.2) is 28.5 Å². The molecule has 0 saturated carbocycles. The molecule has 0 bridgehead atoms. The normalized spacial score (nSPS) is 11.8. The third-order valence-electron chi connectivity index (χ3n) is 3.68. The molecule has 0 radical (unpaired) electrons. The minimum absolute atomic E-state index is 0.121. The summed E-state index contributed by atoms with van der Waals surface area (Å²) in [5, 5.41) is 10.9. The van der Waals surface area contributed by atoms with E-state index in [1.165, 1.54) is 11.8 Å². The molecule has 1 unspecified atom stereocenters. The van der Waals surface area contributed by atoms with Crippen molar-refractivity contribution >= 4 is 23.4 Å². The SMILES string of the molecule is COc1ccc(-c2nnc(SC(C)C(=O)Nc3cccc(C)c3)o2)cc1. The summed E-state index contributed by atoms with van der Waals surface area (Å²) < 4.78 is 10.8. The number of carbonyl (C=O) groups is 1. The lowest BCUT2D eigenvalue weighted by Crippen LogP contribution is -2.22. The zero-order valence-electron chi connectivity index (χ0n) is 14.7. The van der Waals surface area contributed by atoms with Gasteiger partial charge in [-0.15, -0.1) is 10.2 Å². The Labute approximate surface area is 156 Å². The summed E-state index contributed by atoms with van der Waals surface area (Å²) in [6.45, 7) is 3.78. The highest BCUT2D eigenvalue weighted by Gasteiger charge is 2.19. The molecule has 1 N–H and O–H groups in total. The molecule has 3 aromatic rings. The Morgan fingerprint density at radius 3 is 2.65 bits per heavy atom. The van der Waals surface area contributed by atoms with Gasteiger partial charge in [-0.2, -0.15) is 0 Å². The Balaban J connectivity index is 1.63. The zero-order chi connectivity index (χ0) is 18.5. The van der Waals surface area contributed by atoms with E-state index < -0.39 is 0 Å². The molecule has 0 fully saturated rings. The van der Waals surface area contributed by atoms with Crippen LogP contribution < -0.4 is 10.1 Å². The molecule has 0 aliphatic heterocycles. The van der Waals surface area contributed by atoms with Gasteiger partial charge in [0.1, 0.15) is 5.75 Å². The number of hydrogen-bond donors (Lipinski definition) is 1. The number of aryl methyl sites for hydroxylation is 1. The molecule has 134 valence electrons. The third-order valence-corrected chi connectivity index (χ3v) is 4.61. The fourth-order valence-corrected chi connectivity index (χ4v) is 2.96. The Kier molecular flexibility index (Phi) is 5.58. The first-order valence-corrected chi connectivity index (χ1v) is 8.95. The molecule has 26 heavy (non-hydrogen) atoms. The molecule has 0 aliphatic rings. The van der Waals surface area contributed by atoms with E-state index in [0.717, 1.165) is 22.6 Å². The van der Waals surface area contributed by atoms with Crippen molar-refractivity contribution in [3.8, 4) is 17.2 Å². The fourth-order valence-electron chi connectivity index (χ4n) is 2.28. The standard InChI is InChI=1S/C19H19N3O3S/c1-12-5-4-6-15(11-12)20-17(23)13(2)26-19-22-21-18(25-19)14-7-9-16(24-3)10-8-14/h4-11,13H,1-3H3,(H,20,23). The number of amides is 1. The summed E-state index contributed by atoms with van der Waals surface area (Å²) in [5.74, 6) is 1.04. The van der Waals surface area contributed by atoms with Gasteiger partial charge < -0.3 is 14.5 Å². The maximum atomic E-state index is 12.3. The first-order valence-electron chi connectivity index (χ1n) is 8.07. The number of thioether (sulfide) groups is 1. The van der Waals surface area contributed by atoms with E-state index in [-0.39, 0.29) is 11.2 Å². The van der Waals surface area contributed by atoms with Crippen LogP contribution in [0.5, 0.6) is 5.75 Å². The summed E-state index contributed by atoms with van der Waals surface area (Å²) in [4.78, 5) is 12.3. The van der Waals surface area contributed by atoms with Crippen molar-refractivity contribution in [2.75, 3.05) is 12.4 Å². The minimum atomic E-state index is -0.375. The Hall–Kier alpha value is -2.80. The van der Waals surface area contributed by atoms with Crippen LogP contribution in [0.4, 0.5) is 5.69 Å². The van der Waals surface area contributed by atoms with Crippen molar-refractivity contribution in [1.29, 1.82) is 0 Å². The summed E-state index contributed by atoms with van der Waals surface area (Å²) in [6, 6.07) is 15.0. The lowest BCUT2D eigenvalue weighted by molar-refractivity contribution is -0.115. The summed E-state index contributed by atoms with van der Waals surface area (Å²) >= 11 is 1.22. The highest BCUT2D eigenvalue weighted by molar-refractivity contribution is 8.00. The van der Waals surface area contributed by atoms with Gasteiger partial charge in [-0.25, -0.2) is 0 Å². The van der Waals surface area contributed by atoms with Crippen LogP contribution in [0.2, 0.25) is 0 Å². The van der Waals surface area contributed by atoms with Crippen molar-refractivity contribution in [3.05, 3.63) is 54.1 Å². The number of carbonyl (C=O) groups excluding carboxylic acids is 1. The van der Waals surface area contributed by atoms with Gasteiger partial charge in [0.25, 0.3) is 5.22 Å². The molecule has 0 aliphatic carbocycles. The minimum Gasteiger partial charge on any atom is -0.497 e. The van der Waals surface area contributed by atoms with E-state index in [0.29, 0.717) is 11.1 Å². The number of anilines is 1. The summed E-state index contributed by atoms with van der Waals surface area (Å²) in [5.41, 5.74) is 2.65. The van der Waals surface area contributed by atoms with Crippen LogP contribution in [-0.2, 0) is 4.79 Å². The van der Waals surface area contributed by atoms with Gasteiger partial charge in [-0.1, -0.05) is 23.9 Å². The number of ether oxygens (including phenoxy) is 1. The maximum Gasteiger partial charge on any atom is 0.277 e. The number of aromatic nitrogens is 2. The molecule has 1 atom stereocenters. The second kappa shape index (κ2) is 8.05. The van der Waals surface area contributed by atoms with Crippen molar-refractivity contribution in [3.63, 3.8) is 0 Å². The van der Waals surface area contributed by atoms with Crippen molar-refractivity contribution in [2.45, 2.75) is 24.3 Å². The van der Waals surface area contributed by atoms with Crippen LogP contribution in [0.3, 0.4) is 0 Å². The van der Waals surface area contributed by atoms with Gasteiger partial charge in [0.15, 0.2) is 0 Å². The van der Waals surface area contributed by atoms with Crippen LogP contribution >= 0.6 is 11.8 Å². The smallest absolute Gasteiger partial charge is 0.277 e. The molecule has 0 spiro atoms. The zero-order valence-corrected chi connectivity index (χ0v) is 15.5. The van der Waals surface area contributed by atoms with E-state index in [1.54, 1.807) is 14.0 Å². The molecule has 6 nitrogen and oxygen atoms in total. The van der Waals surface area contributed by atoms with Crippen LogP contribution in [0.15, 0.2) is 58.2 Å². The average Bonchev–Trinajstić information content (AvgIpc) is 3.10. The second-order valence-corrected chi connectivity index (χ2v) is 7.01. The summed E-state index contributed by atoms with van der Waals surface area (Å²) in [7, 11) is 1.61. The van der Waals surface area contributed by atoms with Gasteiger partial charge in [0.05, 0.1) is 12.4 Å². The average molecular weight is 369 g/mol. The molecule has 2 aromatic carbocycles. The molecule has 7 heteroatoms. The van der Waals surface area contributed by atoms with E-state index in [1.807, 2.05) is 55.5 Å². The molecule has 0 saturated heterocycles. The predicted octanol–water partition coefficient (Wildman–Crippen LogP) is 4.17. The fraction of sp³-hybridized carbons (Fsp3) is 0.211. The number of rotatable bonds is 6. The Morgan fingerprint density at radius 2 is 1.96 bits per heavy atom. The number of methoxy groups -OCH3 is 1.